The normalized spacial score (nSPS) is 12.6. The first-order valence-corrected chi connectivity index (χ1v) is 14.9. The molecule has 2 unspecified atom stereocenters. The van der Waals surface area contributed by atoms with Crippen LogP contribution in [0.5, 0.6) is 0 Å². The van der Waals surface area contributed by atoms with Gasteiger partial charge in [0, 0.05) is 17.0 Å². The number of unbranched alkanes of at least 4 members (excludes halogenated alkanes) is 6. The molecule has 210 valence electrons. The monoisotopic (exact) mass is 543 g/mol. The van der Waals surface area contributed by atoms with Crippen molar-refractivity contribution in [3.05, 3.63) is 59.7 Å². The van der Waals surface area contributed by atoms with Gasteiger partial charge in [-0.15, -0.1) is 11.8 Å². The first kappa shape index (κ1) is 31.9. The molecule has 3 N–H and O–H groups in total. The average Bonchev–Trinajstić information content (AvgIpc) is 2.91. The molecule has 0 aliphatic rings. The van der Waals surface area contributed by atoms with Crippen LogP contribution in [0, 0.1) is 0 Å². The summed E-state index contributed by atoms with van der Waals surface area (Å²) in [5, 5.41) is 22.7. The highest BCUT2D eigenvalue weighted by Crippen LogP contribution is 2.40. The second-order valence-corrected chi connectivity index (χ2v) is 11.0. The van der Waals surface area contributed by atoms with E-state index in [9.17, 15) is 14.7 Å². The Morgan fingerprint density at radius 3 is 2.34 bits per heavy atom. The summed E-state index contributed by atoms with van der Waals surface area (Å²) in [6.45, 7) is 2.04. The van der Waals surface area contributed by atoms with Crippen molar-refractivity contribution in [2.45, 2.75) is 100 Å². The summed E-state index contributed by atoms with van der Waals surface area (Å²) in [5.41, 5.74) is 2.98. The maximum absolute atomic E-state index is 11.9. The van der Waals surface area contributed by atoms with Crippen molar-refractivity contribution < 1.29 is 24.5 Å². The molecule has 0 radical (unpaired) electrons. The van der Waals surface area contributed by atoms with Gasteiger partial charge in [-0.1, -0.05) is 75.8 Å². The number of thioether (sulfide) groups is 1. The minimum Gasteiger partial charge on any atom is -0.469 e. The summed E-state index contributed by atoms with van der Waals surface area (Å²) >= 11 is 1.54. The van der Waals surface area contributed by atoms with Crippen LogP contribution in [-0.4, -0.2) is 41.9 Å². The Hall–Kier alpha value is -2.35. The number of hydrogen-bond donors (Lipinski definition) is 3. The number of methoxy groups -OCH3 is 1. The Morgan fingerprint density at radius 2 is 1.66 bits per heavy atom. The molecular weight excluding hydrogens is 498 g/mol. The smallest absolute Gasteiger partial charge is 0.305 e. The van der Waals surface area contributed by atoms with E-state index in [1.165, 1.54) is 69.4 Å². The first-order valence-electron chi connectivity index (χ1n) is 14.0. The molecule has 0 aromatic heterocycles. The molecule has 0 saturated heterocycles. The number of aliphatic hydroxyl groups is 2. The number of aliphatic hydroxyl groups excluding tert-OH is 2. The second kappa shape index (κ2) is 18.8. The lowest BCUT2D eigenvalue weighted by molar-refractivity contribution is -0.140. The number of benzene rings is 2. The molecule has 1 amide bonds. The van der Waals surface area contributed by atoms with Gasteiger partial charge in [0.25, 0.3) is 0 Å². The van der Waals surface area contributed by atoms with Gasteiger partial charge in [-0.3, -0.25) is 9.59 Å². The van der Waals surface area contributed by atoms with Crippen LogP contribution < -0.4 is 5.32 Å². The average molecular weight is 544 g/mol. The van der Waals surface area contributed by atoms with E-state index in [0.717, 1.165) is 16.9 Å². The van der Waals surface area contributed by atoms with Crippen LogP contribution in [0.1, 0.15) is 93.9 Å². The van der Waals surface area contributed by atoms with Crippen LogP contribution in [0.4, 0.5) is 5.69 Å². The molecular formula is C31H45NO5S. The minimum atomic E-state index is -0.661. The predicted octanol–water partition coefficient (Wildman–Crippen LogP) is 6.84. The van der Waals surface area contributed by atoms with Gasteiger partial charge in [0.1, 0.15) is 0 Å². The van der Waals surface area contributed by atoms with Crippen LogP contribution in [0.3, 0.4) is 0 Å². The van der Waals surface area contributed by atoms with Crippen molar-refractivity contribution in [3.63, 3.8) is 0 Å². The van der Waals surface area contributed by atoms with Crippen molar-refractivity contribution in [3.8, 4) is 0 Å². The van der Waals surface area contributed by atoms with Crippen LogP contribution in [0.2, 0.25) is 0 Å². The van der Waals surface area contributed by atoms with E-state index in [-0.39, 0.29) is 36.6 Å². The summed E-state index contributed by atoms with van der Waals surface area (Å²) in [6, 6.07) is 16.0. The molecule has 0 fully saturated rings. The lowest BCUT2D eigenvalue weighted by Crippen LogP contribution is -2.17. The molecule has 38 heavy (non-hydrogen) atoms. The van der Waals surface area contributed by atoms with Gasteiger partial charge in [-0.25, -0.2) is 0 Å². The van der Waals surface area contributed by atoms with E-state index in [4.69, 9.17) is 9.84 Å². The largest absolute Gasteiger partial charge is 0.469 e. The van der Waals surface area contributed by atoms with Crippen molar-refractivity contribution in [1.29, 1.82) is 0 Å². The Balaban J connectivity index is 2.06. The molecule has 0 aliphatic heterocycles. The van der Waals surface area contributed by atoms with E-state index in [1.54, 1.807) is 6.07 Å². The summed E-state index contributed by atoms with van der Waals surface area (Å²) in [4.78, 5) is 24.4. The Bertz CT molecular complexity index is 950. The quantitative estimate of drug-likeness (QED) is 0.102. The fourth-order valence-electron chi connectivity index (χ4n) is 4.36. The molecule has 0 spiro atoms. The van der Waals surface area contributed by atoms with Gasteiger partial charge >= 0.3 is 5.97 Å². The summed E-state index contributed by atoms with van der Waals surface area (Å²) in [7, 11) is 1.37. The standard InChI is InChI=1S/C31H45NO5S/c1-3-4-5-6-7-8-9-12-24-17-19-25(20-18-24)31(28(34)15-11-16-30(36)37-2)38-27-14-10-13-26(23-27)32-29(35)21-22-33/h10,13-14,17-20,23,28,31,33-34H,3-9,11-12,15-16,21-22H2,1-2H3,(H,32,35). The van der Waals surface area contributed by atoms with E-state index < -0.39 is 6.10 Å². The Kier molecular flexibility index (Phi) is 15.8. The molecule has 2 rings (SSSR count). The van der Waals surface area contributed by atoms with E-state index in [1.807, 2.05) is 18.2 Å². The third kappa shape index (κ3) is 12.5. The van der Waals surface area contributed by atoms with Gasteiger partial charge in [-0.2, -0.15) is 0 Å². The summed E-state index contributed by atoms with van der Waals surface area (Å²) < 4.78 is 4.74. The van der Waals surface area contributed by atoms with Gasteiger partial charge < -0.3 is 20.3 Å². The zero-order valence-electron chi connectivity index (χ0n) is 23.0. The highest BCUT2D eigenvalue weighted by Gasteiger charge is 2.23. The van der Waals surface area contributed by atoms with E-state index in [0.29, 0.717) is 18.5 Å². The molecule has 7 heteroatoms. The van der Waals surface area contributed by atoms with Gasteiger partial charge in [0.2, 0.25) is 5.91 Å². The molecule has 2 aromatic carbocycles. The molecule has 0 heterocycles. The van der Waals surface area contributed by atoms with E-state index >= 15 is 0 Å². The fraction of sp³-hybridized carbons (Fsp3) is 0.548. The van der Waals surface area contributed by atoms with Crippen molar-refractivity contribution >= 4 is 29.3 Å². The van der Waals surface area contributed by atoms with E-state index in [2.05, 4.69) is 36.5 Å². The van der Waals surface area contributed by atoms with Crippen molar-refractivity contribution in [2.24, 2.45) is 0 Å². The number of rotatable bonds is 19. The number of ether oxygens (including phenoxy) is 1. The number of nitrogens with one attached hydrogen (secondary N) is 1. The van der Waals surface area contributed by atoms with Crippen LogP contribution in [-0.2, 0) is 20.7 Å². The molecule has 0 bridgehead atoms. The summed E-state index contributed by atoms with van der Waals surface area (Å²) in [5.74, 6) is -0.520. The van der Waals surface area contributed by atoms with Gasteiger partial charge in [0.15, 0.2) is 0 Å². The number of carbonyl (C=O) groups excluding carboxylic acids is 2. The predicted molar refractivity (Wildman–Crippen MR) is 155 cm³/mol. The van der Waals surface area contributed by atoms with Crippen LogP contribution in [0.25, 0.3) is 0 Å². The lowest BCUT2D eigenvalue weighted by atomic mass is 9.99. The zero-order valence-corrected chi connectivity index (χ0v) is 23.8. The lowest BCUT2D eigenvalue weighted by Gasteiger charge is -2.24. The SMILES string of the molecule is CCCCCCCCCc1ccc(C(Sc2cccc(NC(=O)CCO)c2)C(O)CCCC(=O)OC)cc1. The van der Waals surface area contributed by atoms with Crippen molar-refractivity contribution in [2.75, 3.05) is 19.0 Å². The van der Waals surface area contributed by atoms with Gasteiger partial charge in [0.05, 0.1) is 31.5 Å². The van der Waals surface area contributed by atoms with Crippen molar-refractivity contribution in [1.82, 2.24) is 0 Å². The zero-order chi connectivity index (χ0) is 27.6. The number of anilines is 1. The number of esters is 1. The van der Waals surface area contributed by atoms with Crippen LogP contribution >= 0.6 is 11.8 Å². The maximum Gasteiger partial charge on any atom is 0.305 e. The summed E-state index contributed by atoms with van der Waals surface area (Å²) in [6.07, 6.45) is 10.7. The topological polar surface area (TPSA) is 95.9 Å². The third-order valence-electron chi connectivity index (χ3n) is 6.55. The number of amides is 1. The Morgan fingerprint density at radius 1 is 0.947 bits per heavy atom. The number of carbonyl (C=O) groups is 2. The second-order valence-electron chi connectivity index (χ2n) is 9.74. The Labute approximate surface area is 232 Å². The van der Waals surface area contributed by atoms with Gasteiger partial charge in [-0.05, 0) is 55.0 Å². The molecule has 0 aliphatic carbocycles. The highest BCUT2D eigenvalue weighted by atomic mass is 32.2. The molecule has 2 aromatic rings. The first-order chi connectivity index (χ1) is 18.5. The highest BCUT2D eigenvalue weighted by molar-refractivity contribution is 7.99. The molecule has 2 atom stereocenters. The van der Waals surface area contributed by atoms with Crippen LogP contribution in [0.15, 0.2) is 53.4 Å². The fourth-order valence-corrected chi connectivity index (χ4v) is 5.59. The number of hydrogen-bond acceptors (Lipinski definition) is 6. The maximum atomic E-state index is 11.9. The minimum absolute atomic E-state index is 0.0457. The number of aryl methyl sites for hydroxylation is 1. The third-order valence-corrected chi connectivity index (χ3v) is 7.92. The molecule has 6 nitrogen and oxygen atoms in total. The molecule has 0 saturated carbocycles.